The zero-order chi connectivity index (χ0) is 19.5. The topological polar surface area (TPSA) is 101 Å². The highest BCUT2D eigenvalue weighted by Crippen LogP contribution is 2.42. The van der Waals surface area contributed by atoms with Crippen LogP contribution in [-0.2, 0) is 0 Å². The van der Waals surface area contributed by atoms with Gasteiger partial charge in [0.25, 0.3) is 0 Å². The van der Waals surface area contributed by atoms with Gasteiger partial charge in [-0.25, -0.2) is 5.90 Å². The molecule has 1 aromatic rings. The van der Waals surface area contributed by atoms with Gasteiger partial charge in [-0.05, 0) is 49.4 Å². The molecule has 3 rings (SSSR count). The van der Waals surface area contributed by atoms with Gasteiger partial charge in [-0.2, -0.15) is 0 Å². The zero-order valence-corrected chi connectivity index (χ0v) is 15.8. The zero-order valence-electron chi connectivity index (χ0n) is 15.8. The van der Waals surface area contributed by atoms with Gasteiger partial charge in [0, 0.05) is 16.7 Å². The maximum absolute atomic E-state index is 12.7. The Morgan fingerprint density at radius 3 is 1.96 bits per heavy atom. The van der Waals surface area contributed by atoms with Gasteiger partial charge in [-0.3, -0.25) is 9.59 Å². The third kappa shape index (κ3) is 4.05. The maximum atomic E-state index is 12.7. The second-order valence-electron chi connectivity index (χ2n) is 8.32. The van der Waals surface area contributed by atoms with Crippen LogP contribution in [0.5, 0.6) is 0 Å². The van der Waals surface area contributed by atoms with Crippen molar-refractivity contribution in [3.8, 4) is 0 Å². The first-order valence-electron chi connectivity index (χ1n) is 9.15. The van der Waals surface area contributed by atoms with E-state index in [9.17, 15) is 14.7 Å². The number of aliphatic hydroxyl groups is 1. The standard InChI is InChI=1S/C21H26O3.H3NO/c1-21(2,3)14-10-8-13(9-11-14)12-17-18(22)15-6-4-5-7-16(15)19(23)20(17)24;1-2/h4-7,13-14,24H,8-12H2,1-3H3;2H,1H2. The molecule has 142 valence electrons. The summed E-state index contributed by atoms with van der Waals surface area (Å²) in [5, 5.41) is 16.8. The van der Waals surface area contributed by atoms with Crippen molar-refractivity contribution in [1.29, 1.82) is 0 Å². The summed E-state index contributed by atoms with van der Waals surface area (Å²) < 4.78 is 0. The van der Waals surface area contributed by atoms with E-state index in [4.69, 9.17) is 5.21 Å². The van der Waals surface area contributed by atoms with E-state index in [1.165, 1.54) is 0 Å². The van der Waals surface area contributed by atoms with E-state index >= 15 is 0 Å². The smallest absolute Gasteiger partial charge is 0.228 e. The molecule has 5 nitrogen and oxygen atoms in total. The molecule has 2 aliphatic carbocycles. The van der Waals surface area contributed by atoms with Crippen molar-refractivity contribution in [2.45, 2.75) is 52.9 Å². The van der Waals surface area contributed by atoms with Gasteiger partial charge in [0.05, 0.1) is 0 Å². The van der Waals surface area contributed by atoms with E-state index in [2.05, 4.69) is 26.7 Å². The third-order valence-corrected chi connectivity index (χ3v) is 5.76. The number of benzene rings is 1. The van der Waals surface area contributed by atoms with Crippen molar-refractivity contribution in [2.24, 2.45) is 23.1 Å². The first-order chi connectivity index (χ1) is 12.3. The Hall–Kier alpha value is -1.98. The molecule has 4 N–H and O–H groups in total. The lowest BCUT2D eigenvalue weighted by atomic mass is 9.68. The number of rotatable bonds is 2. The summed E-state index contributed by atoms with van der Waals surface area (Å²) in [5.74, 6) is 3.66. The number of aliphatic hydroxyl groups excluding tert-OH is 1. The first-order valence-corrected chi connectivity index (χ1v) is 9.15. The monoisotopic (exact) mass is 359 g/mol. The highest BCUT2D eigenvalue weighted by molar-refractivity contribution is 6.25. The lowest BCUT2D eigenvalue weighted by Crippen LogP contribution is -2.28. The highest BCUT2D eigenvalue weighted by atomic mass is 16.4. The van der Waals surface area contributed by atoms with E-state index in [1.807, 2.05) is 0 Å². The molecular formula is C21H29NO4. The van der Waals surface area contributed by atoms with Gasteiger partial charge in [0.15, 0.2) is 11.5 Å². The normalized spacial score (nSPS) is 23.3. The number of fused-ring (bicyclic) bond motifs is 1. The third-order valence-electron chi connectivity index (χ3n) is 5.76. The lowest BCUT2D eigenvalue weighted by molar-refractivity contribution is 0.0918. The second kappa shape index (κ2) is 8.14. The molecule has 0 radical (unpaired) electrons. The van der Waals surface area contributed by atoms with Gasteiger partial charge in [-0.1, -0.05) is 45.0 Å². The predicted molar refractivity (Wildman–Crippen MR) is 100 cm³/mol. The Morgan fingerprint density at radius 2 is 1.46 bits per heavy atom. The van der Waals surface area contributed by atoms with Crippen molar-refractivity contribution in [3.63, 3.8) is 0 Å². The number of nitrogens with two attached hydrogens (primary N) is 1. The Bertz CT molecular complexity index is 707. The molecule has 26 heavy (non-hydrogen) atoms. The van der Waals surface area contributed by atoms with Gasteiger partial charge >= 0.3 is 0 Å². The fourth-order valence-electron chi connectivity index (χ4n) is 4.12. The van der Waals surface area contributed by atoms with Crippen LogP contribution in [0, 0.1) is 17.3 Å². The summed E-state index contributed by atoms with van der Waals surface area (Å²) >= 11 is 0. The van der Waals surface area contributed by atoms with Crippen LogP contribution < -0.4 is 5.90 Å². The lowest BCUT2D eigenvalue weighted by Gasteiger charge is -2.37. The van der Waals surface area contributed by atoms with Gasteiger partial charge in [0.2, 0.25) is 5.78 Å². The largest absolute Gasteiger partial charge is 0.504 e. The average Bonchev–Trinajstić information content (AvgIpc) is 2.65. The van der Waals surface area contributed by atoms with Crippen LogP contribution in [0.3, 0.4) is 0 Å². The van der Waals surface area contributed by atoms with Crippen LogP contribution in [-0.4, -0.2) is 21.9 Å². The Labute approximate surface area is 154 Å². The van der Waals surface area contributed by atoms with E-state index in [-0.39, 0.29) is 11.5 Å². The predicted octanol–water partition coefficient (Wildman–Crippen LogP) is 4.45. The van der Waals surface area contributed by atoms with Crippen LogP contribution in [0.2, 0.25) is 0 Å². The number of carbonyl (C=O) groups is 2. The molecule has 0 aromatic heterocycles. The molecular weight excluding hydrogens is 330 g/mol. The number of allylic oxidation sites excluding steroid dienone is 2. The number of Topliss-reactive ketones (excluding diaryl/α,β-unsaturated/α-hetero) is 2. The number of hydrogen-bond donors (Lipinski definition) is 3. The highest BCUT2D eigenvalue weighted by Gasteiger charge is 2.35. The Balaban J connectivity index is 0.00000117. The second-order valence-corrected chi connectivity index (χ2v) is 8.32. The van der Waals surface area contributed by atoms with E-state index in [0.29, 0.717) is 40.4 Å². The summed E-state index contributed by atoms with van der Waals surface area (Å²) in [7, 11) is 0. The Kier molecular flexibility index (Phi) is 6.37. The van der Waals surface area contributed by atoms with Crippen LogP contribution in [0.25, 0.3) is 0 Å². The quantitative estimate of drug-likeness (QED) is 0.677. The van der Waals surface area contributed by atoms with Crippen molar-refractivity contribution >= 4 is 11.6 Å². The van der Waals surface area contributed by atoms with Crippen LogP contribution in [0.4, 0.5) is 0 Å². The fourth-order valence-corrected chi connectivity index (χ4v) is 4.12. The summed E-state index contributed by atoms with van der Waals surface area (Å²) in [5.41, 5.74) is 1.39. The number of ketones is 2. The molecule has 0 amide bonds. The van der Waals surface area contributed by atoms with Crippen molar-refractivity contribution in [1.82, 2.24) is 0 Å². The summed E-state index contributed by atoms with van der Waals surface area (Å²) in [6.07, 6.45) is 4.94. The molecule has 1 fully saturated rings. The SMILES string of the molecule is CC(C)(C)C1CCC(CC2=C(O)C(=O)c3ccccc3C2=O)CC1.NO. The molecule has 0 aliphatic heterocycles. The minimum absolute atomic E-state index is 0.180. The number of carbonyl (C=O) groups excluding carboxylic acids is 2. The van der Waals surface area contributed by atoms with Crippen molar-refractivity contribution in [3.05, 3.63) is 46.7 Å². The molecule has 1 saturated carbocycles. The Morgan fingerprint density at radius 1 is 0.962 bits per heavy atom. The summed E-state index contributed by atoms with van der Waals surface area (Å²) in [6.45, 7) is 6.85. The van der Waals surface area contributed by atoms with Crippen molar-refractivity contribution < 1.29 is 19.9 Å². The summed E-state index contributed by atoms with van der Waals surface area (Å²) in [6, 6.07) is 6.77. The van der Waals surface area contributed by atoms with E-state index < -0.39 is 5.78 Å². The summed E-state index contributed by atoms with van der Waals surface area (Å²) in [4.78, 5) is 25.0. The van der Waals surface area contributed by atoms with Gasteiger partial charge in [-0.15, -0.1) is 0 Å². The minimum atomic E-state index is -0.413. The molecule has 2 aliphatic rings. The molecule has 0 bridgehead atoms. The van der Waals surface area contributed by atoms with E-state index in [1.54, 1.807) is 24.3 Å². The van der Waals surface area contributed by atoms with Crippen LogP contribution in [0.1, 0.15) is 73.6 Å². The van der Waals surface area contributed by atoms with E-state index in [0.717, 1.165) is 25.7 Å². The molecule has 0 heterocycles. The maximum Gasteiger partial charge on any atom is 0.228 e. The van der Waals surface area contributed by atoms with Crippen molar-refractivity contribution in [2.75, 3.05) is 0 Å². The molecule has 0 saturated heterocycles. The average molecular weight is 359 g/mol. The fraction of sp³-hybridized carbons (Fsp3) is 0.524. The van der Waals surface area contributed by atoms with Gasteiger partial charge in [0.1, 0.15) is 0 Å². The molecule has 5 heteroatoms. The molecule has 0 atom stereocenters. The molecule has 0 unspecified atom stereocenters. The first kappa shape index (κ1) is 20.3. The molecule has 0 spiro atoms. The minimum Gasteiger partial charge on any atom is -0.504 e. The van der Waals surface area contributed by atoms with Gasteiger partial charge < -0.3 is 10.3 Å². The number of hydrogen-bond acceptors (Lipinski definition) is 5. The van der Waals surface area contributed by atoms with Crippen LogP contribution >= 0.6 is 0 Å². The van der Waals surface area contributed by atoms with Crippen LogP contribution in [0.15, 0.2) is 35.6 Å². The molecule has 1 aromatic carbocycles.